The molecule has 4 rings (SSSR count). The fraction of sp³-hybridized carbons (Fsp3) is 0.278. The van der Waals surface area contributed by atoms with E-state index in [0.717, 1.165) is 33.8 Å². The maximum atomic E-state index is 14.5. The first-order valence-electron chi connectivity index (χ1n) is 15.1. The number of carbonyl (C=O) groups is 2. The van der Waals surface area contributed by atoms with Crippen LogP contribution in [0.1, 0.15) is 43.9 Å². The molecule has 230 valence electrons. The van der Waals surface area contributed by atoms with Gasteiger partial charge >= 0.3 is 0 Å². The van der Waals surface area contributed by atoms with E-state index in [2.05, 4.69) is 5.32 Å². The lowest BCUT2D eigenvalue weighted by atomic mass is 10.0. The van der Waals surface area contributed by atoms with E-state index in [4.69, 9.17) is 0 Å². The van der Waals surface area contributed by atoms with Crippen molar-refractivity contribution in [3.63, 3.8) is 0 Å². The van der Waals surface area contributed by atoms with Crippen molar-refractivity contribution in [2.24, 2.45) is 0 Å². The second-order valence-corrected chi connectivity index (χ2v) is 12.7. The second-order valence-electron chi connectivity index (χ2n) is 10.9. The fourth-order valence-corrected chi connectivity index (χ4v) is 6.36. The number of nitrogens with zero attached hydrogens (tertiary/aromatic N) is 2. The van der Waals surface area contributed by atoms with Gasteiger partial charge in [0.25, 0.3) is 10.0 Å². The number of amides is 2. The van der Waals surface area contributed by atoms with Crippen molar-refractivity contribution in [1.29, 1.82) is 0 Å². The first kappa shape index (κ1) is 32.5. The molecule has 0 saturated carbocycles. The summed E-state index contributed by atoms with van der Waals surface area (Å²) in [5.41, 5.74) is 3.15. The van der Waals surface area contributed by atoms with Crippen LogP contribution in [0.25, 0.3) is 0 Å². The normalized spacial score (nSPS) is 12.6. The zero-order chi connectivity index (χ0) is 31.5. The Morgan fingerprint density at radius 3 is 1.82 bits per heavy atom. The predicted molar refractivity (Wildman–Crippen MR) is 176 cm³/mol. The van der Waals surface area contributed by atoms with Crippen LogP contribution in [0.5, 0.6) is 0 Å². The molecule has 0 aliphatic heterocycles. The molecule has 8 heteroatoms. The number of rotatable bonds is 14. The van der Waals surface area contributed by atoms with Crippen LogP contribution >= 0.6 is 0 Å². The first-order valence-corrected chi connectivity index (χ1v) is 16.5. The zero-order valence-corrected chi connectivity index (χ0v) is 26.4. The summed E-state index contributed by atoms with van der Waals surface area (Å²) < 4.78 is 29.3. The summed E-state index contributed by atoms with van der Waals surface area (Å²) in [4.78, 5) is 29.9. The Morgan fingerprint density at radius 2 is 1.27 bits per heavy atom. The summed E-state index contributed by atoms with van der Waals surface area (Å²) >= 11 is 0. The van der Waals surface area contributed by atoms with Crippen LogP contribution < -0.4 is 9.62 Å². The van der Waals surface area contributed by atoms with Crippen LogP contribution in [0.3, 0.4) is 0 Å². The summed E-state index contributed by atoms with van der Waals surface area (Å²) in [6.45, 7) is 5.60. The third-order valence-corrected chi connectivity index (χ3v) is 9.50. The SMILES string of the molecule is CCc1ccc(N(CC(=O)N(Cc2ccccc2)[C@@H](Cc2ccccc2)C(=O)N[C@H](C)CC)S(=O)(=O)c2ccccc2)cc1. The van der Waals surface area contributed by atoms with Gasteiger partial charge in [0.1, 0.15) is 12.6 Å². The minimum Gasteiger partial charge on any atom is -0.352 e. The number of aryl methyl sites for hydroxylation is 1. The van der Waals surface area contributed by atoms with Gasteiger partial charge in [-0.3, -0.25) is 13.9 Å². The third kappa shape index (κ3) is 8.35. The minimum atomic E-state index is -4.12. The summed E-state index contributed by atoms with van der Waals surface area (Å²) in [5.74, 6) is -0.759. The highest BCUT2D eigenvalue weighted by Gasteiger charge is 2.34. The number of nitrogens with one attached hydrogen (secondary N) is 1. The second kappa shape index (κ2) is 15.3. The van der Waals surface area contributed by atoms with Gasteiger partial charge in [-0.05, 0) is 60.7 Å². The Hall–Kier alpha value is -4.43. The molecule has 2 amide bonds. The quantitative estimate of drug-likeness (QED) is 0.190. The molecule has 0 fully saturated rings. The number of benzene rings is 4. The van der Waals surface area contributed by atoms with Gasteiger partial charge in [0.05, 0.1) is 10.6 Å². The lowest BCUT2D eigenvalue weighted by Gasteiger charge is -2.34. The number of anilines is 1. The van der Waals surface area contributed by atoms with E-state index in [1.54, 1.807) is 30.3 Å². The molecule has 4 aromatic rings. The van der Waals surface area contributed by atoms with E-state index in [1.807, 2.05) is 93.6 Å². The van der Waals surface area contributed by atoms with E-state index in [0.29, 0.717) is 5.69 Å². The van der Waals surface area contributed by atoms with E-state index in [9.17, 15) is 18.0 Å². The molecule has 0 aliphatic carbocycles. The molecule has 0 heterocycles. The highest BCUT2D eigenvalue weighted by molar-refractivity contribution is 7.92. The van der Waals surface area contributed by atoms with E-state index >= 15 is 0 Å². The highest BCUT2D eigenvalue weighted by atomic mass is 32.2. The maximum absolute atomic E-state index is 14.5. The summed E-state index contributed by atoms with van der Waals surface area (Å²) in [6.07, 6.45) is 1.80. The number of sulfonamides is 1. The Kier molecular flexibility index (Phi) is 11.3. The maximum Gasteiger partial charge on any atom is 0.264 e. The average Bonchev–Trinajstić information content (AvgIpc) is 3.06. The molecular weight excluding hydrogens is 570 g/mol. The third-order valence-electron chi connectivity index (χ3n) is 7.71. The average molecular weight is 612 g/mol. The molecular formula is C36H41N3O4S. The van der Waals surface area contributed by atoms with Gasteiger partial charge < -0.3 is 10.2 Å². The molecule has 0 aliphatic rings. The number of carbonyl (C=O) groups excluding carboxylic acids is 2. The monoisotopic (exact) mass is 611 g/mol. The van der Waals surface area contributed by atoms with Crippen molar-refractivity contribution >= 4 is 27.5 Å². The summed E-state index contributed by atoms with van der Waals surface area (Å²) in [6, 6.07) is 33.3. The predicted octanol–water partition coefficient (Wildman–Crippen LogP) is 6.00. The van der Waals surface area contributed by atoms with Crippen LogP contribution in [0.2, 0.25) is 0 Å². The van der Waals surface area contributed by atoms with Crippen LogP contribution in [0, 0.1) is 0 Å². The summed E-state index contributed by atoms with van der Waals surface area (Å²) in [5, 5.41) is 3.06. The molecule has 1 N–H and O–H groups in total. The molecule has 0 bridgehead atoms. The van der Waals surface area contributed by atoms with Crippen LogP contribution in [-0.2, 0) is 39.0 Å². The zero-order valence-electron chi connectivity index (χ0n) is 25.6. The van der Waals surface area contributed by atoms with Gasteiger partial charge in [0.2, 0.25) is 11.8 Å². The standard InChI is InChI=1S/C36H41N3O4S/c1-4-28(3)37-36(41)34(25-30-15-9-6-10-16-30)38(26-31-17-11-7-12-18-31)35(40)27-39(32-23-21-29(5-2)22-24-32)44(42,43)33-19-13-8-14-20-33/h6-24,28,34H,4-5,25-27H2,1-3H3,(H,37,41)/t28-,34+/m1/s1. The van der Waals surface area contributed by atoms with Crippen LogP contribution in [0.4, 0.5) is 5.69 Å². The fourth-order valence-electron chi connectivity index (χ4n) is 4.92. The van der Waals surface area contributed by atoms with Crippen LogP contribution in [-0.4, -0.2) is 43.8 Å². The minimum absolute atomic E-state index is 0.0809. The molecule has 0 radical (unpaired) electrons. The molecule has 4 aromatic carbocycles. The van der Waals surface area contributed by atoms with Gasteiger partial charge in [0, 0.05) is 19.0 Å². The van der Waals surface area contributed by atoms with E-state index in [1.165, 1.54) is 17.0 Å². The number of hydrogen-bond acceptors (Lipinski definition) is 4. The molecule has 0 aromatic heterocycles. The molecule has 0 saturated heterocycles. The Morgan fingerprint density at radius 1 is 0.727 bits per heavy atom. The molecule has 0 unspecified atom stereocenters. The molecule has 0 spiro atoms. The largest absolute Gasteiger partial charge is 0.352 e. The van der Waals surface area contributed by atoms with Gasteiger partial charge in [-0.1, -0.05) is 105 Å². The van der Waals surface area contributed by atoms with Crippen molar-refractivity contribution in [1.82, 2.24) is 10.2 Å². The van der Waals surface area contributed by atoms with Gasteiger partial charge in [-0.15, -0.1) is 0 Å². The lowest BCUT2D eigenvalue weighted by Crippen LogP contribution is -2.54. The highest BCUT2D eigenvalue weighted by Crippen LogP contribution is 2.25. The topological polar surface area (TPSA) is 86.8 Å². The van der Waals surface area contributed by atoms with Crippen molar-refractivity contribution in [2.45, 2.75) is 63.6 Å². The van der Waals surface area contributed by atoms with Gasteiger partial charge in [0.15, 0.2) is 0 Å². The van der Waals surface area contributed by atoms with Gasteiger partial charge in [-0.25, -0.2) is 8.42 Å². The number of hydrogen-bond donors (Lipinski definition) is 1. The van der Waals surface area contributed by atoms with E-state index < -0.39 is 28.5 Å². The molecule has 2 atom stereocenters. The summed E-state index contributed by atoms with van der Waals surface area (Å²) in [7, 11) is -4.12. The van der Waals surface area contributed by atoms with Gasteiger partial charge in [-0.2, -0.15) is 0 Å². The van der Waals surface area contributed by atoms with E-state index in [-0.39, 0.29) is 29.8 Å². The smallest absolute Gasteiger partial charge is 0.264 e. The van der Waals surface area contributed by atoms with Crippen molar-refractivity contribution in [3.8, 4) is 0 Å². The van der Waals surface area contributed by atoms with Crippen molar-refractivity contribution in [3.05, 3.63) is 132 Å². The Balaban J connectivity index is 1.78. The lowest BCUT2D eigenvalue weighted by molar-refractivity contribution is -0.140. The van der Waals surface area contributed by atoms with Crippen molar-refractivity contribution in [2.75, 3.05) is 10.8 Å². The Bertz CT molecular complexity index is 1600. The Labute approximate surface area is 261 Å². The first-order chi connectivity index (χ1) is 21.2. The van der Waals surface area contributed by atoms with Crippen LogP contribution in [0.15, 0.2) is 120 Å². The molecule has 7 nitrogen and oxygen atoms in total. The van der Waals surface area contributed by atoms with Crippen molar-refractivity contribution < 1.29 is 18.0 Å². The molecule has 44 heavy (non-hydrogen) atoms.